The Balaban J connectivity index is 2.33. The van der Waals surface area contributed by atoms with Crippen molar-refractivity contribution in [2.45, 2.75) is 25.6 Å². The van der Waals surface area contributed by atoms with Crippen molar-refractivity contribution in [3.63, 3.8) is 0 Å². The molecule has 1 atom stereocenters. The average Bonchev–Trinajstić information content (AvgIpc) is 2.36. The van der Waals surface area contributed by atoms with E-state index in [1.54, 1.807) is 6.20 Å². The van der Waals surface area contributed by atoms with E-state index in [1.807, 2.05) is 18.7 Å². The second-order valence-corrected chi connectivity index (χ2v) is 5.20. The average molecular weight is 265 g/mol. The summed E-state index contributed by atoms with van der Waals surface area (Å²) in [6, 6.07) is 0. The summed E-state index contributed by atoms with van der Waals surface area (Å²) in [5.74, 6) is 0.442. The first-order chi connectivity index (χ1) is 8.93. The molecule has 0 aliphatic carbocycles. The van der Waals surface area contributed by atoms with Crippen LogP contribution in [-0.4, -0.2) is 52.3 Å². The molecule has 1 fully saturated rings. The third-order valence-electron chi connectivity index (χ3n) is 2.92. The molecule has 0 aromatic carbocycles. The first-order valence-corrected chi connectivity index (χ1v) is 6.12. The molecule has 2 rings (SSSR count). The number of ether oxygens (including phenoxy) is 1. The smallest absolute Gasteiger partial charge is 0.158 e. The van der Waals surface area contributed by atoms with Gasteiger partial charge in [0.15, 0.2) is 5.82 Å². The molecule has 1 unspecified atom stereocenters. The minimum atomic E-state index is -0.406. The summed E-state index contributed by atoms with van der Waals surface area (Å²) in [7, 11) is 0. The summed E-state index contributed by atoms with van der Waals surface area (Å²) in [5.41, 5.74) is 5.48. The number of nitrogen functional groups attached to an aromatic ring is 1. The van der Waals surface area contributed by atoms with Crippen molar-refractivity contribution in [3.8, 4) is 0 Å². The highest BCUT2D eigenvalue weighted by Gasteiger charge is 2.34. The molecule has 104 valence electrons. The number of hydrogen-bond acceptors (Lipinski definition) is 6. The van der Waals surface area contributed by atoms with Crippen molar-refractivity contribution >= 4 is 11.7 Å². The van der Waals surface area contributed by atoms with E-state index in [-0.39, 0.29) is 18.5 Å². The van der Waals surface area contributed by atoms with Gasteiger partial charge in [0.05, 0.1) is 18.3 Å². The Labute approximate surface area is 111 Å². The molecule has 0 bridgehead atoms. The molecule has 0 amide bonds. The van der Waals surface area contributed by atoms with E-state index >= 15 is 0 Å². The molecule has 2 heterocycles. The van der Waals surface area contributed by atoms with Gasteiger partial charge < -0.3 is 20.5 Å². The van der Waals surface area contributed by atoms with Crippen LogP contribution in [0.5, 0.6) is 0 Å². The number of rotatable bonds is 3. The van der Waals surface area contributed by atoms with Crippen LogP contribution >= 0.6 is 0 Å². The Morgan fingerprint density at radius 2 is 2.26 bits per heavy atom. The topological polar surface area (TPSA) is 108 Å². The maximum Gasteiger partial charge on any atom is 0.158 e. The number of morpholine rings is 1. The van der Waals surface area contributed by atoms with Crippen molar-refractivity contribution in [2.75, 3.05) is 24.6 Å². The predicted molar refractivity (Wildman–Crippen MR) is 71.3 cm³/mol. The summed E-state index contributed by atoms with van der Waals surface area (Å²) in [6.45, 7) is 4.94. The van der Waals surface area contributed by atoms with Crippen molar-refractivity contribution in [2.24, 2.45) is 5.73 Å². The number of nitrogens with zero attached hydrogens (tertiary/aromatic N) is 3. The van der Waals surface area contributed by atoms with Gasteiger partial charge in [0.25, 0.3) is 0 Å². The lowest BCUT2D eigenvalue weighted by molar-refractivity contribution is -0.101. The lowest BCUT2D eigenvalue weighted by Gasteiger charge is -2.43. The van der Waals surface area contributed by atoms with Crippen molar-refractivity contribution < 1.29 is 9.84 Å². The van der Waals surface area contributed by atoms with E-state index in [4.69, 9.17) is 15.9 Å². The molecule has 4 N–H and O–H groups in total. The van der Waals surface area contributed by atoms with E-state index in [0.717, 1.165) is 0 Å². The largest absolute Gasteiger partial charge is 0.394 e. The highest BCUT2D eigenvalue weighted by Crippen LogP contribution is 2.25. The second kappa shape index (κ2) is 5.10. The Kier molecular flexibility index (Phi) is 3.68. The first-order valence-electron chi connectivity index (χ1n) is 6.12. The van der Waals surface area contributed by atoms with Crippen LogP contribution in [0.15, 0.2) is 12.4 Å². The van der Waals surface area contributed by atoms with Crippen molar-refractivity contribution in [1.82, 2.24) is 9.97 Å². The Bertz CT molecular complexity index is 477. The van der Waals surface area contributed by atoms with E-state index in [0.29, 0.717) is 24.6 Å². The summed E-state index contributed by atoms with van der Waals surface area (Å²) in [4.78, 5) is 10.3. The summed E-state index contributed by atoms with van der Waals surface area (Å²) in [5, 5.41) is 16.9. The summed E-state index contributed by atoms with van der Waals surface area (Å²) in [6.07, 6.45) is 2.79. The molecular formula is C12H19N5O2. The Hall–Kier alpha value is -1.73. The lowest BCUT2D eigenvalue weighted by Crippen LogP contribution is -2.54. The minimum Gasteiger partial charge on any atom is -0.394 e. The van der Waals surface area contributed by atoms with Gasteiger partial charge in [-0.2, -0.15) is 0 Å². The molecular weight excluding hydrogens is 246 g/mol. The van der Waals surface area contributed by atoms with Gasteiger partial charge >= 0.3 is 0 Å². The van der Waals surface area contributed by atoms with E-state index < -0.39 is 5.60 Å². The van der Waals surface area contributed by atoms with Gasteiger partial charge in [-0.05, 0) is 13.8 Å². The first kappa shape index (κ1) is 13.7. The molecule has 0 spiro atoms. The zero-order valence-electron chi connectivity index (χ0n) is 11.1. The van der Waals surface area contributed by atoms with Gasteiger partial charge in [0, 0.05) is 25.5 Å². The van der Waals surface area contributed by atoms with Crippen LogP contribution in [0.3, 0.4) is 0 Å². The maximum absolute atomic E-state index is 9.31. The van der Waals surface area contributed by atoms with Crippen LogP contribution in [0.25, 0.3) is 0 Å². The van der Waals surface area contributed by atoms with Gasteiger partial charge in [-0.25, -0.2) is 9.97 Å². The number of aliphatic hydroxyl groups is 1. The van der Waals surface area contributed by atoms with Crippen LogP contribution in [0.4, 0.5) is 5.82 Å². The van der Waals surface area contributed by atoms with Gasteiger partial charge in [0.1, 0.15) is 11.5 Å². The van der Waals surface area contributed by atoms with Crippen LogP contribution in [0, 0.1) is 5.41 Å². The van der Waals surface area contributed by atoms with E-state index in [9.17, 15) is 5.11 Å². The molecule has 1 aromatic heterocycles. The Morgan fingerprint density at radius 1 is 1.58 bits per heavy atom. The van der Waals surface area contributed by atoms with Crippen molar-refractivity contribution in [3.05, 3.63) is 18.1 Å². The summed E-state index contributed by atoms with van der Waals surface area (Å²) < 4.78 is 5.75. The third-order valence-corrected chi connectivity index (χ3v) is 2.92. The number of aromatic nitrogens is 2. The molecule has 19 heavy (non-hydrogen) atoms. The SMILES string of the molecule is CC1(C)CN(c2nccnc2C(=N)N)CC(CO)O1. The zero-order valence-corrected chi connectivity index (χ0v) is 11.1. The van der Waals surface area contributed by atoms with E-state index in [2.05, 4.69) is 9.97 Å². The van der Waals surface area contributed by atoms with Crippen LogP contribution in [-0.2, 0) is 4.74 Å². The van der Waals surface area contributed by atoms with Crippen LogP contribution < -0.4 is 10.6 Å². The number of amidine groups is 1. The number of anilines is 1. The maximum atomic E-state index is 9.31. The number of hydrogen-bond donors (Lipinski definition) is 3. The molecule has 0 radical (unpaired) electrons. The zero-order chi connectivity index (χ0) is 14.0. The third kappa shape index (κ3) is 2.99. The second-order valence-electron chi connectivity index (χ2n) is 5.20. The normalized spacial score (nSPS) is 22.3. The summed E-state index contributed by atoms with van der Waals surface area (Å²) >= 11 is 0. The fraction of sp³-hybridized carbons (Fsp3) is 0.583. The molecule has 1 aromatic rings. The number of nitrogens with two attached hydrogens (primary N) is 1. The molecule has 7 heteroatoms. The van der Waals surface area contributed by atoms with Gasteiger partial charge in [-0.3, -0.25) is 5.41 Å². The molecule has 1 saturated heterocycles. The van der Waals surface area contributed by atoms with E-state index in [1.165, 1.54) is 6.20 Å². The molecule has 1 aliphatic rings. The minimum absolute atomic E-state index is 0.0599. The van der Waals surface area contributed by atoms with Crippen molar-refractivity contribution in [1.29, 1.82) is 5.41 Å². The standard InChI is InChI=1S/C12H19N5O2/c1-12(2)7-17(5-8(6-18)19-12)11-9(10(13)14)15-3-4-16-11/h3-4,8,18H,5-7H2,1-2H3,(H3,13,14). The highest BCUT2D eigenvalue weighted by molar-refractivity contribution is 5.97. The fourth-order valence-electron chi connectivity index (χ4n) is 2.30. The molecule has 7 nitrogen and oxygen atoms in total. The highest BCUT2D eigenvalue weighted by atomic mass is 16.5. The van der Waals surface area contributed by atoms with Gasteiger partial charge in [-0.1, -0.05) is 0 Å². The fourth-order valence-corrected chi connectivity index (χ4v) is 2.30. The van der Waals surface area contributed by atoms with Gasteiger partial charge in [-0.15, -0.1) is 0 Å². The predicted octanol–water partition coefficient (Wildman–Crippen LogP) is -0.263. The quantitative estimate of drug-likeness (QED) is 0.513. The van der Waals surface area contributed by atoms with Gasteiger partial charge in [0.2, 0.25) is 0 Å². The number of nitrogens with one attached hydrogen (secondary N) is 1. The van der Waals surface area contributed by atoms with Crippen LogP contribution in [0.2, 0.25) is 0 Å². The lowest BCUT2D eigenvalue weighted by atomic mass is 10.0. The van der Waals surface area contributed by atoms with Crippen LogP contribution in [0.1, 0.15) is 19.5 Å². The Morgan fingerprint density at radius 3 is 2.89 bits per heavy atom. The molecule has 1 aliphatic heterocycles. The monoisotopic (exact) mass is 265 g/mol. The molecule has 0 saturated carbocycles. The number of aliphatic hydroxyl groups excluding tert-OH is 1.